The Hall–Kier alpha value is -0.910. The number of aliphatic hydroxyl groups is 1. The first-order valence-corrected chi connectivity index (χ1v) is 14.4. The van der Waals surface area contributed by atoms with Crippen molar-refractivity contribution < 1.29 is 24.1 Å². The molecule has 202 valence electrons. The third-order valence-corrected chi connectivity index (χ3v) is 12.9. The molecule has 2 heterocycles. The Labute approximate surface area is 217 Å². The minimum absolute atomic E-state index is 0.0406. The van der Waals surface area contributed by atoms with Gasteiger partial charge in [0.1, 0.15) is 11.2 Å². The SMILES string of the molecule is COC(=O)[C@]12CCC(C)(C)C[C@H]1[C@@]1(/C=C\[C@@]34O[C@]3(C)CC[C@H]3C(C)(C)[C@@H](O)CC[C@@]34C)O[C@@]1(C)CC2. The van der Waals surface area contributed by atoms with Crippen molar-refractivity contribution in [2.24, 2.45) is 33.5 Å². The fourth-order valence-corrected chi connectivity index (χ4v) is 10.3. The molecule has 0 aromatic rings. The fraction of sp³-hybridized carbons (Fsp3) is 0.903. The summed E-state index contributed by atoms with van der Waals surface area (Å²) in [4.78, 5) is 13.4. The molecule has 36 heavy (non-hydrogen) atoms. The number of rotatable bonds is 3. The molecular weight excluding hydrogens is 452 g/mol. The van der Waals surface area contributed by atoms with Crippen molar-refractivity contribution >= 4 is 5.97 Å². The van der Waals surface area contributed by atoms with Gasteiger partial charge in [-0.25, -0.2) is 0 Å². The number of carbonyl (C=O) groups excluding carboxylic acids is 1. The molecule has 6 aliphatic rings. The predicted molar refractivity (Wildman–Crippen MR) is 138 cm³/mol. The molecule has 6 fully saturated rings. The maximum Gasteiger partial charge on any atom is 0.312 e. The van der Waals surface area contributed by atoms with Gasteiger partial charge in [0.05, 0.1) is 29.8 Å². The largest absolute Gasteiger partial charge is 0.469 e. The number of ether oxygens (including phenoxy) is 3. The van der Waals surface area contributed by atoms with Crippen LogP contribution in [0.2, 0.25) is 0 Å². The first-order chi connectivity index (χ1) is 16.6. The number of hydrogen-bond donors (Lipinski definition) is 1. The Morgan fingerprint density at radius 2 is 1.53 bits per heavy atom. The Morgan fingerprint density at radius 1 is 0.833 bits per heavy atom. The van der Waals surface area contributed by atoms with E-state index in [0.717, 1.165) is 57.8 Å². The van der Waals surface area contributed by atoms with Crippen molar-refractivity contribution in [2.75, 3.05) is 7.11 Å². The molecular formula is C31H48O5. The smallest absolute Gasteiger partial charge is 0.312 e. The van der Waals surface area contributed by atoms with Gasteiger partial charge in [-0.2, -0.15) is 0 Å². The number of methoxy groups -OCH3 is 1. The lowest BCUT2D eigenvalue weighted by atomic mass is 9.45. The lowest BCUT2D eigenvalue weighted by molar-refractivity contribution is -0.166. The van der Waals surface area contributed by atoms with Crippen LogP contribution in [0.15, 0.2) is 12.2 Å². The second-order valence-electron chi connectivity index (χ2n) is 15.5. The van der Waals surface area contributed by atoms with Gasteiger partial charge >= 0.3 is 5.97 Å². The fourth-order valence-electron chi connectivity index (χ4n) is 10.3. The minimum Gasteiger partial charge on any atom is -0.469 e. The Bertz CT molecular complexity index is 1020. The minimum atomic E-state index is -0.466. The second-order valence-corrected chi connectivity index (χ2v) is 15.5. The number of carbonyl (C=O) groups is 1. The van der Waals surface area contributed by atoms with E-state index in [4.69, 9.17) is 14.2 Å². The zero-order valence-corrected chi connectivity index (χ0v) is 23.8. The van der Waals surface area contributed by atoms with Gasteiger partial charge in [-0.1, -0.05) is 46.8 Å². The summed E-state index contributed by atoms with van der Waals surface area (Å²) in [5.74, 6) is 0.452. The Morgan fingerprint density at radius 3 is 2.22 bits per heavy atom. The second kappa shape index (κ2) is 6.99. The van der Waals surface area contributed by atoms with E-state index in [0.29, 0.717) is 5.92 Å². The van der Waals surface area contributed by atoms with Crippen molar-refractivity contribution in [3.8, 4) is 0 Å². The van der Waals surface area contributed by atoms with Gasteiger partial charge in [0, 0.05) is 11.3 Å². The van der Waals surface area contributed by atoms with Crippen LogP contribution in [-0.2, 0) is 19.0 Å². The number of fused-ring (bicyclic) bond motifs is 6. The Balaban J connectivity index is 1.41. The topological polar surface area (TPSA) is 71.6 Å². The number of aliphatic hydroxyl groups excluding tert-OH is 1. The lowest BCUT2D eigenvalue weighted by Crippen LogP contribution is -2.59. The van der Waals surface area contributed by atoms with Crippen LogP contribution in [0.25, 0.3) is 0 Å². The average Bonchev–Trinajstić information content (AvgIpc) is 3.65. The lowest BCUT2D eigenvalue weighted by Gasteiger charge is -2.58. The highest BCUT2D eigenvalue weighted by molar-refractivity contribution is 5.78. The Kier molecular flexibility index (Phi) is 4.92. The van der Waals surface area contributed by atoms with Crippen molar-refractivity contribution in [3.63, 3.8) is 0 Å². The van der Waals surface area contributed by atoms with Crippen LogP contribution < -0.4 is 0 Å². The van der Waals surface area contributed by atoms with E-state index in [1.54, 1.807) is 7.11 Å². The predicted octanol–water partition coefficient (Wildman–Crippen LogP) is 5.97. The molecule has 2 aliphatic heterocycles. The summed E-state index contributed by atoms with van der Waals surface area (Å²) in [5.41, 5.74) is -1.69. The number of esters is 1. The summed E-state index contributed by atoms with van der Waals surface area (Å²) in [6.07, 6.45) is 13.0. The van der Waals surface area contributed by atoms with Crippen LogP contribution in [-0.4, -0.2) is 46.7 Å². The van der Waals surface area contributed by atoms with Crippen LogP contribution >= 0.6 is 0 Å². The third-order valence-electron chi connectivity index (χ3n) is 12.9. The molecule has 0 amide bonds. The molecule has 4 saturated carbocycles. The normalized spacial score (nSPS) is 56.1. The number of hydrogen-bond acceptors (Lipinski definition) is 5. The van der Waals surface area contributed by atoms with Crippen LogP contribution in [0.5, 0.6) is 0 Å². The summed E-state index contributed by atoms with van der Waals surface area (Å²) in [7, 11) is 1.54. The van der Waals surface area contributed by atoms with Gasteiger partial charge in [-0.3, -0.25) is 4.79 Å². The van der Waals surface area contributed by atoms with Gasteiger partial charge < -0.3 is 19.3 Å². The summed E-state index contributed by atoms with van der Waals surface area (Å²) in [5, 5.41) is 10.9. The van der Waals surface area contributed by atoms with Crippen molar-refractivity contribution in [1.82, 2.24) is 0 Å². The van der Waals surface area contributed by atoms with E-state index >= 15 is 0 Å². The molecule has 1 N–H and O–H groups in total. The quantitative estimate of drug-likeness (QED) is 0.293. The summed E-state index contributed by atoms with van der Waals surface area (Å²) < 4.78 is 19.0. The zero-order chi connectivity index (χ0) is 26.2. The molecule has 0 spiro atoms. The highest BCUT2D eigenvalue weighted by atomic mass is 16.6. The molecule has 5 heteroatoms. The van der Waals surface area contributed by atoms with Gasteiger partial charge in [0.25, 0.3) is 0 Å². The highest BCUT2D eigenvalue weighted by Gasteiger charge is 2.81. The average molecular weight is 501 g/mol. The van der Waals surface area contributed by atoms with Crippen molar-refractivity contribution in [1.29, 1.82) is 0 Å². The maximum absolute atomic E-state index is 13.4. The highest BCUT2D eigenvalue weighted by Crippen LogP contribution is 2.75. The zero-order valence-electron chi connectivity index (χ0n) is 23.8. The molecule has 0 aromatic heterocycles. The first kappa shape index (κ1) is 25.4. The number of epoxide rings is 2. The molecule has 5 nitrogen and oxygen atoms in total. The summed E-state index contributed by atoms with van der Waals surface area (Å²) >= 11 is 0. The van der Waals surface area contributed by atoms with Gasteiger partial charge in [-0.05, 0) is 88.4 Å². The van der Waals surface area contributed by atoms with E-state index < -0.39 is 11.0 Å². The van der Waals surface area contributed by atoms with E-state index in [-0.39, 0.29) is 51.0 Å². The third kappa shape index (κ3) is 2.81. The van der Waals surface area contributed by atoms with Crippen LogP contribution in [0.3, 0.4) is 0 Å². The van der Waals surface area contributed by atoms with E-state index in [2.05, 4.69) is 60.6 Å². The molecule has 4 aliphatic carbocycles. The maximum atomic E-state index is 13.4. The molecule has 0 bridgehead atoms. The monoisotopic (exact) mass is 500 g/mol. The van der Waals surface area contributed by atoms with Gasteiger partial charge in [0.15, 0.2) is 0 Å². The van der Waals surface area contributed by atoms with E-state index in [1.807, 2.05) is 0 Å². The van der Waals surface area contributed by atoms with Crippen LogP contribution in [0, 0.1) is 33.5 Å². The molecule has 2 saturated heterocycles. The van der Waals surface area contributed by atoms with Crippen LogP contribution in [0.4, 0.5) is 0 Å². The molecule has 0 radical (unpaired) electrons. The molecule has 0 aromatic carbocycles. The van der Waals surface area contributed by atoms with Crippen LogP contribution in [0.1, 0.15) is 106 Å². The summed E-state index contributed by atoms with van der Waals surface area (Å²) in [6.45, 7) is 16.1. The van der Waals surface area contributed by atoms with Crippen molar-refractivity contribution in [2.45, 2.75) is 135 Å². The van der Waals surface area contributed by atoms with E-state index in [9.17, 15) is 9.90 Å². The molecule has 9 atom stereocenters. The van der Waals surface area contributed by atoms with Gasteiger partial charge in [-0.15, -0.1) is 0 Å². The van der Waals surface area contributed by atoms with Crippen molar-refractivity contribution in [3.05, 3.63) is 12.2 Å². The van der Waals surface area contributed by atoms with Gasteiger partial charge in [0.2, 0.25) is 0 Å². The first-order valence-electron chi connectivity index (χ1n) is 14.4. The molecule has 6 rings (SSSR count). The molecule has 0 unspecified atom stereocenters. The standard InChI is InChI=1S/C31H48O5/c1-24(2)13-15-29(23(33)34-8)16-14-27(6)30(35-27,21(29)19-24)17-18-31-26(5)11-10-22(32)25(3,4)20(26)9-12-28(31,7)36-31/h17-18,20-22,32H,9-16,19H2,1-8H3/b18-17-/t20-,21+,22-,26-,27-,28+,29-,30+,31-/m0/s1. The van der Waals surface area contributed by atoms with E-state index in [1.165, 1.54) is 0 Å². The summed E-state index contributed by atoms with van der Waals surface area (Å²) in [6, 6.07) is 0.